The summed E-state index contributed by atoms with van der Waals surface area (Å²) in [5.41, 5.74) is 2.44. The molecular weight excluding hydrogens is 564 g/mol. The Labute approximate surface area is 254 Å². The van der Waals surface area contributed by atoms with Gasteiger partial charge in [0.1, 0.15) is 30.2 Å². The fraction of sp³-hybridized carbons (Fsp3) is 0.382. The van der Waals surface area contributed by atoms with Crippen LogP contribution in [-0.4, -0.2) is 76.9 Å². The summed E-state index contributed by atoms with van der Waals surface area (Å²) in [5.74, 6) is 2.62. The molecule has 4 aromatic rings. The molecule has 0 bridgehead atoms. The van der Waals surface area contributed by atoms with Crippen LogP contribution in [0.25, 0.3) is 32.8 Å². The van der Waals surface area contributed by atoms with E-state index in [9.17, 15) is 18.7 Å². The van der Waals surface area contributed by atoms with Crippen molar-refractivity contribution in [3.8, 4) is 35.2 Å². The molecule has 1 aromatic heterocycles. The number of nitrogens with zero attached hydrogens (tertiary/aromatic N) is 4. The molecule has 0 saturated carbocycles. The number of amides is 1. The molecule has 44 heavy (non-hydrogen) atoms. The smallest absolute Gasteiger partial charge is 0.319 e. The van der Waals surface area contributed by atoms with Gasteiger partial charge < -0.3 is 20.1 Å². The van der Waals surface area contributed by atoms with Crippen molar-refractivity contribution >= 4 is 33.4 Å². The fourth-order valence-electron chi connectivity index (χ4n) is 7.30. The molecule has 3 aromatic carbocycles. The van der Waals surface area contributed by atoms with E-state index < -0.39 is 12.0 Å². The van der Waals surface area contributed by atoms with Crippen LogP contribution in [0.3, 0.4) is 0 Å². The maximum atomic E-state index is 14.9. The fourth-order valence-corrected chi connectivity index (χ4v) is 7.30. The molecule has 3 aliphatic rings. The zero-order chi connectivity index (χ0) is 30.6. The van der Waals surface area contributed by atoms with Crippen LogP contribution in [0.2, 0.25) is 0 Å². The minimum Gasteiger partial charge on any atom is -0.508 e. The molecule has 8 nitrogen and oxygen atoms in total. The van der Waals surface area contributed by atoms with Crippen molar-refractivity contribution in [3.05, 3.63) is 53.3 Å². The second-order valence-electron chi connectivity index (χ2n) is 12.1. The van der Waals surface area contributed by atoms with Crippen LogP contribution in [0.15, 0.2) is 36.4 Å². The molecule has 4 heterocycles. The highest BCUT2D eigenvalue weighted by atomic mass is 19.1. The number of alkyl halides is 1. The largest absolute Gasteiger partial charge is 0.508 e. The van der Waals surface area contributed by atoms with E-state index in [2.05, 4.69) is 21.0 Å². The number of aromatic nitrogens is 2. The van der Waals surface area contributed by atoms with E-state index >= 15 is 0 Å². The third-order valence-corrected chi connectivity index (χ3v) is 9.41. The summed E-state index contributed by atoms with van der Waals surface area (Å²) in [5, 5.41) is 15.4. The summed E-state index contributed by atoms with van der Waals surface area (Å²) in [6.45, 7) is 4.97. The van der Waals surface area contributed by atoms with Crippen molar-refractivity contribution in [2.75, 3.05) is 44.2 Å². The van der Waals surface area contributed by atoms with Crippen molar-refractivity contribution in [1.82, 2.24) is 20.2 Å². The van der Waals surface area contributed by atoms with Gasteiger partial charge in [-0.05, 0) is 72.7 Å². The lowest BCUT2D eigenvalue weighted by molar-refractivity contribution is -0.120. The molecule has 1 amide bonds. The Morgan fingerprint density at radius 3 is 2.89 bits per heavy atom. The van der Waals surface area contributed by atoms with E-state index in [0.29, 0.717) is 66.7 Å². The van der Waals surface area contributed by atoms with Crippen molar-refractivity contribution < 1.29 is 23.4 Å². The molecular formula is C34H33F2N5O3. The third kappa shape index (κ3) is 4.76. The minimum atomic E-state index is -0.881. The van der Waals surface area contributed by atoms with Crippen LogP contribution in [-0.2, 0) is 4.79 Å². The highest BCUT2D eigenvalue weighted by molar-refractivity contribution is 6.05. The first-order valence-corrected chi connectivity index (χ1v) is 15.0. The monoisotopic (exact) mass is 597 g/mol. The Morgan fingerprint density at radius 1 is 1.18 bits per heavy atom. The lowest BCUT2D eigenvalue weighted by atomic mass is 9.91. The van der Waals surface area contributed by atoms with E-state index in [1.165, 1.54) is 6.07 Å². The molecule has 226 valence electrons. The number of rotatable bonds is 5. The number of hydrogen-bond donors (Lipinski definition) is 2. The van der Waals surface area contributed by atoms with Crippen molar-refractivity contribution in [1.29, 1.82) is 0 Å². The average molecular weight is 598 g/mol. The number of benzene rings is 3. The zero-order valence-electron chi connectivity index (χ0n) is 24.5. The van der Waals surface area contributed by atoms with Crippen molar-refractivity contribution in [3.63, 3.8) is 0 Å². The first-order valence-electron chi connectivity index (χ1n) is 15.0. The predicted molar refractivity (Wildman–Crippen MR) is 165 cm³/mol. The Kier molecular flexibility index (Phi) is 7.01. The summed E-state index contributed by atoms with van der Waals surface area (Å²) >= 11 is 0. The predicted octanol–water partition coefficient (Wildman–Crippen LogP) is 4.87. The molecule has 2 N–H and O–H groups in total. The Morgan fingerprint density at radius 2 is 2.05 bits per heavy atom. The number of aromatic hydroxyl groups is 1. The molecule has 7 rings (SSSR count). The lowest BCUT2D eigenvalue weighted by Crippen LogP contribution is -2.43. The number of halogens is 2. The molecule has 0 aliphatic carbocycles. The van der Waals surface area contributed by atoms with Gasteiger partial charge in [0.25, 0.3) is 0 Å². The van der Waals surface area contributed by atoms with E-state index in [1.54, 1.807) is 18.2 Å². The second-order valence-corrected chi connectivity index (χ2v) is 12.1. The van der Waals surface area contributed by atoms with Gasteiger partial charge in [0.05, 0.1) is 16.6 Å². The highest BCUT2D eigenvalue weighted by Gasteiger charge is 2.49. The van der Waals surface area contributed by atoms with Gasteiger partial charge in [-0.3, -0.25) is 9.69 Å². The Bertz CT molecular complexity index is 1860. The molecule has 2 atom stereocenters. The van der Waals surface area contributed by atoms with Gasteiger partial charge >= 0.3 is 6.01 Å². The molecule has 0 radical (unpaired) electrons. The second kappa shape index (κ2) is 10.9. The summed E-state index contributed by atoms with van der Waals surface area (Å²) in [6.07, 6.45) is 7.47. The van der Waals surface area contributed by atoms with E-state index in [1.807, 2.05) is 19.1 Å². The van der Waals surface area contributed by atoms with Gasteiger partial charge in [0, 0.05) is 49.8 Å². The number of aryl methyl sites for hydroxylation is 1. The maximum absolute atomic E-state index is 14.9. The molecule has 3 saturated heterocycles. The number of phenolic OH excluding ortho intramolecular Hbond substituents is 1. The topological polar surface area (TPSA) is 90.8 Å². The average Bonchev–Trinajstić information content (AvgIpc) is 3.44. The molecule has 0 spiro atoms. The molecule has 3 fully saturated rings. The van der Waals surface area contributed by atoms with Crippen LogP contribution in [0.5, 0.6) is 11.8 Å². The van der Waals surface area contributed by atoms with Gasteiger partial charge in [-0.2, -0.15) is 9.97 Å². The van der Waals surface area contributed by atoms with E-state index in [0.717, 1.165) is 35.9 Å². The molecule has 10 heteroatoms. The number of anilines is 1. The molecule has 2 unspecified atom stereocenters. The van der Waals surface area contributed by atoms with Gasteiger partial charge in [-0.15, -0.1) is 6.42 Å². The first kappa shape index (κ1) is 28.3. The van der Waals surface area contributed by atoms with Crippen molar-refractivity contribution in [2.24, 2.45) is 0 Å². The standard InChI is InChI=1S/C34H33F2N5O3/c1-3-24-28(36)8-5-21-15-23(42)16-27(30(21)24)25-6-7-26-31(20(25)2)38-33(39-32(26)40-13-9-29(43)37-11-14-40)44-19-34-10-4-12-41(34)18-22(35)17-34/h1,5-8,15-16,22,42H,4,9-14,17-19H2,2H3,(H,37,43). The van der Waals surface area contributed by atoms with Crippen LogP contribution < -0.4 is 15.0 Å². The van der Waals surface area contributed by atoms with E-state index in [-0.39, 0.29) is 35.4 Å². The van der Waals surface area contributed by atoms with Gasteiger partial charge in [0.15, 0.2) is 0 Å². The third-order valence-electron chi connectivity index (χ3n) is 9.41. The number of terminal acetylenes is 1. The Balaban J connectivity index is 1.38. The van der Waals surface area contributed by atoms with Gasteiger partial charge in [-0.25, -0.2) is 8.78 Å². The van der Waals surface area contributed by atoms with E-state index in [4.69, 9.17) is 21.1 Å². The highest BCUT2D eigenvalue weighted by Crippen LogP contribution is 2.42. The Hall–Kier alpha value is -4.49. The summed E-state index contributed by atoms with van der Waals surface area (Å²) in [4.78, 5) is 26.1. The minimum absolute atomic E-state index is 0.0180. The van der Waals surface area contributed by atoms with Crippen molar-refractivity contribution in [2.45, 2.75) is 44.3 Å². The van der Waals surface area contributed by atoms with Crippen LogP contribution >= 0.6 is 0 Å². The van der Waals surface area contributed by atoms with Crippen LogP contribution in [0.4, 0.5) is 14.6 Å². The van der Waals surface area contributed by atoms with Gasteiger partial charge in [-0.1, -0.05) is 18.1 Å². The quantitative estimate of drug-likeness (QED) is 0.318. The number of carbonyl (C=O) groups is 1. The number of ether oxygens (including phenoxy) is 1. The number of carbonyl (C=O) groups excluding carboxylic acids is 1. The SMILES string of the molecule is C#Cc1c(F)ccc2cc(O)cc(-c3ccc4c(N5CCNC(=O)CC5)nc(OCC56CCCN5CC(F)C6)nc4c3C)c12. The number of hydrogen-bond acceptors (Lipinski definition) is 7. The van der Waals surface area contributed by atoms with Gasteiger partial charge in [0.2, 0.25) is 5.91 Å². The number of phenols is 1. The summed E-state index contributed by atoms with van der Waals surface area (Å²) in [6, 6.07) is 10.0. The lowest BCUT2D eigenvalue weighted by Gasteiger charge is -2.31. The molecule has 3 aliphatic heterocycles. The zero-order valence-corrected chi connectivity index (χ0v) is 24.5. The number of fused-ring (bicyclic) bond motifs is 3. The van der Waals surface area contributed by atoms with Crippen LogP contribution in [0.1, 0.15) is 36.8 Å². The normalized spacial score (nSPS) is 22.2. The summed E-state index contributed by atoms with van der Waals surface area (Å²) in [7, 11) is 0. The summed E-state index contributed by atoms with van der Waals surface area (Å²) < 4.78 is 35.6. The first-order chi connectivity index (χ1) is 21.3. The van der Waals surface area contributed by atoms with Crippen LogP contribution in [0, 0.1) is 25.1 Å². The maximum Gasteiger partial charge on any atom is 0.319 e. The number of nitrogens with one attached hydrogen (secondary N) is 1.